The summed E-state index contributed by atoms with van der Waals surface area (Å²) in [5.41, 5.74) is 3.68. The summed E-state index contributed by atoms with van der Waals surface area (Å²) in [5.74, 6) is 0.682. The maximum absolute atomic E-state index is 13.1. The number of piperidine rings is 1. The fourth-order valence-electron chi connectivity index (χ4n) is 4.81. The molecule has 2 aliphatic heterocycles. The second-order valence-corrected chi connectivity index (χ2v) is 8.96. The summed E-state index contributed by atoms with van der Waals surface area (Å²) < 4.78 is 6.57. The van der Waals surface area contributed by atoms with Gasteiger partial charge in [0.05, 0.1) is 5.56 Å². The van der Waals surface area contributed by atoms with Crippen molar-refractivity contribution in [1.82, 2.24) is 15.5 Å². The summed E-state index contributed by atoms with van der Waals surface area (Å²) in [6, 6.07) is 13.5. The van der Waals surface area contributed by atoms with Crippen LogP contribution >= 0.6 is 0 Å². The first-order chi connectivity index (χ1) is 16.5. The first-order valence-electron chi connectivity index (χ1n) is 12.5. The predicted molar refractivity (Wildman–Crippen MR) is 135 cm³/mol. The largest absolute Gasteiger partial charge is 0.482 e. The summed E-state index contributed by atoms with van der Waals surface area (Å²) in [4.78, 5) is 27.7. The average Bonchev–Trinajstić information content (AvgIpc) is 2.87. The Labute approximate surface area is 202 Å². The number of carbonyl (C=O) groups is 2. The molecule has 1 saturated heterocycles. The van der Waals surface area contributed by atoms with E-state index in [1.165, 1.54) is 0 Å². The van der Waals surface area contributed by atoms with Gasteiger partial charge in [-0.25, -0.2) is 0 Å². The third kappa shape index (κ3) is 4.73. The van der Waals surface area contributed by atoms with Crippen molar-refractivity contribution in [3.05, 3.63) is 70.8 Å². The van der Waals surface area contributed by atoms with Crippen LogP contribution in [-0.4, -0.2) is 55.0 Å². The van der Waals surface area contributed by atoms with Gasteiger partial charge in [-0.1, -0.05) is 25.1 Å². The number of ether oxygens (including phenoxy) is 1. The molecule has 4 rings (SSSR count). The van der Waals surface area contributed by atoms with Crippen LogP contribution in [0.3, 0.4) is 0 Å². The van der Waals surface area contributed by atoms with Gasteiger partial charge in [-0.2, -0.15) is 0 Å². The van der Waals surface area contributed by atoms with Gasteiger partial charge in [0.1, 0.15) is 11.4 Å². The molecule has 0 atom stereocenters. The molecule has 2 aromatic rings. The topological polar surface area (TPSA) is 70.7 Å². The number of benzene rings is 2. The second kappa shape index (κ2) is 10.4. The van der Waals surface area contributed by atoms with Crippen LogP contribution in [0.15, 0.2) is 48.5 Å². The summed E-state index contributed by atoms with van der Waals surface area (Å²) in [6.07, 6.45) is 4.80. The first-order valence-corrected chi connectivity index (χ1v) is 12.5. The number of amides is 2. The van der Waals surface area contributed by atoms with Crippen LogP contribution < -0.4 is 15.4 Å². The van der Waals surface area contributed by atoms with Gasteiger partial charge in [0.15, 0.2) is 0 Å². The number of fused-ring (bicyclic) bond motifs is 1. The Morgan fingerprint density at radius 1 is 1.03 bits per heavy atom. The van der Waals surface area contributed by atoms with Gasteiger partial charge in [-0.15, -0.1) is 0 Å². The third-order valence-corrected chi connectivity index (χ3v) is 6.74. The van der Waals surface area contributed by atoms with E-state index in [9.17, 15) is 9.59 Å². The molecule has 6 nitrogen and oxygen atoms in total. The number of hydrogen-bond donors (Lipinski definition) is 2. The molecule has 180 valence electrons. The van der Waals surface area contributed by atoms with Gasteiger partial charge in [0.25, 0.3) is 11.8 Å². The lowest BCUT2D eigenvalue weighted by Gasteiger charge is -2.40. The molecule has 2 heterocycles. The highest BCUT2D eigenvalue weighted by Crippen LogP contribution is 2.44. The highest BCUT2D eigenvalue weighted by Gasteiger charge is 2.38. The number of nitrogens with zero attached hydrogens (tertiary/aromatic N) is 1. The minimum atomic E-state index is -0.401. The third-order valence-electron chi connectivity index (χ3n) is 6.74. The maximum Gasteiger partial charge on any atom is 0.253 e. The normalized spacial score (nSPS) is 16.3. The number of hydrogen-bond acceptors (Lipinski definition) is 4. The SMILES string of the molecule is CCCNC(=O)c1cccc2c1C(c1ccc(C(=O)N(CC)CC)cc1)=CC1(CCNCC1)O2. The van der Waals surface area contributed by atoms with E-state index >= 15 is 0 Å². The zero-order chi connectivity index (χ0) is 24.1. The van der Waals surface area contributed by atoms with Gasteiger partial charge >= 0.3 is 0 Å². The number of nitrogens with one attached hydrogen (secondary N) is 2. The molecule has 1 fully saturated rings. The van der Waals surface area contributed by atoms with Gasteiger partial charge < -0.3 is 20.3 Å². The van der Waals surface area contributed by atoms with Gasteiger partial charge in [-0.3, -0.25) is 9.59 Å². The van der Waals surface area contributed by atoms with Crippen LogP contribution in [0.1, 0.15) is 71.9 Å². The van der Waals surface area contributed by atoms with E-state index in [4.69, 9.17) is 4.74 Å². The van der Waals surface area contributed by atoms with Crippen LogP contribution in [-0.2, 0) is 0 Å². The second-order valence-electron chi connectivity index (χ2n) is 8.96. The smallest absolute Gasteiger partial charge is 0.253 e. The van der Waals surface area contributed by atoms with Crippen molar-refractivity contribution in [3.8, 4) is 5.75 Å². The molecule has 0 aliphatic carbocycles. The molecule has 2 amide bonds. The van der Waals surface area contributed by atoms with Crippen molar-refractivity contribution in [3.63, 3.8) is 0 Å². The lowest BCUT2D eigenvalue weighted by atomic mass is 9.81. The standard InChI is InChI=1S/C28H35N3O3/c1-4-16-30-26(32)22-8-7-9-24-25(22)23(19-28(34-24)14-17-29-18-15-28)20-10-12-21(13-11-20)27(33)31(5-2)6-3/h7-13,19,29H,4-6,14-18H2,1-3H3,(H,30,32). The van der Waals surface area contributed by atoms with Crippen molar-refractivity contribution in [2.75, 3.05) is 32.7 Å². The Hall–Kier alpha value is -3.12. The molecule has 0 unspecified atom stereocenters. The zero-order valence-corrected chi connectivity index (χ0v) is 20.4. The Kier molecular flexibility index (Phi) is 7.37. The fraction of sp³-hybridized carbons (Fsp3) is 0.429. The van der Waals surface area contributed by atoms with Crippen molar-refractivity contribution in [1.29, 1.82) is 0 Å². The minimum absolute atomic E-state index is 0.0346. The van der Waals surface area contributed by atoms with Crippen LogP contribution in [0.2, 0.25) is 0 Å². The summed E-state index contributed by atoms with van der Waals surface area (Å²) in [5, 5.41) is 6.42. The lowest BCUT2D eigenvalue weighted by Crippen LogP contribution is -2.46. The molecular formula is C28H35N3O3. The van der Waals surface area contributed by atoms with E-state index in [1.807, 2.05) is 68.1 Å². The van der Waals surface area contributed by atoms with Gasteiger partial charge in [-0.05, 0) is 74.8 Å². The van der Waals surface area contributed by atoms with E-state index in [2.05, 4.69) is 16.7 Å². The zero-order valence-electron chi connectivity index (χ0n) is 20.4. The molecule has 2 N–H and O–H groups in total. The van der Waals surface area contributed by atoms with E-state index in [0.717, 1.165) is 54.8 Å². The maximum atomic E-state index is 13.1. The van der Waals surface area contributed by atoms with E-state index in [1.54, 1.807) is 0 Å². The quantitative estimate of drug-likeness (QED) is 0.647. The van der Waals surface area contributed by atoms with Crippen LogP contribution in [0.25, 0.3) is 5.57 Å². The Morgan fingerprint density at radius 2 is 1.74 bits per heavy atom. The molecular weight excluding hydrogens is 426 g/mol. The van der Waals surface area contributed by atoms with Crippen molar-refractivity contribution < 1.29 is 14.3 Å². The van der Waals surface area contributed by atoms with Gasteiger partial charge in [0, 0.05) is 43.6 Å². The first kappa shape index (κ1) is 24.0. The van der Waals surface area contributed by atoms with E-state index in [-0.39, 0.29) is 11.8 Å². The Morgan fingerprint density at radius 3 is 2.38 bits per heavy atom. The van der Waals surface area contributed by atoms with Gasteiger partial charge in [0.2, 0.25) is 0 Å². The highest BCUT2D eigenvalue weighted by atomic mass is 16.5. The molecule has 6 heteroatoms. The van der Waals surface area contributed by atoms with Crippen molar-refractivity contribution >= 4 is 17.4 Å². The van der Waals surface area contributed by atoms with Crippen molar-refractivity contribution in [2.45, 2.75) is 45.6 Å². The molecule has 2 aliphatic rings. The molecule has 0 bridgehead atoms. The summed E-state index contributed by atoms with van der Waals surface area (Å²) >= 11 is 0. The number of carbonyl (C=O) groups excluding carboxylic acids is 2. The monoisotopic (exact) mass is 461 g/mol. The predicted octanol–water partition coefficient (Wildman–Crippen LogP) is 4.25. The molecule has 2 aromatic carbocycles. The van der Waals surface area contributed by atoms with Crippen LogP contribution in [0.5, 0.6) is 5.75 Å². The highest BCUT2D eigenvalue weighted by molar-refractivity contribution is 6.03. The lowest BCUT2D eigenvalue weighted by molar-refractivity contribution is 0.0772. The average molecular weight is 462 g/mol. The van der Waals surface area contributed by atoms with E-state index in [0.29, 0.717) is 30.8 Å². The fourth-order valence-corrected chi connectivity index (χ4v) is 4.81. The molecule has 0 radical (unpaired) electrons. The van der Waals surface area contributed by atoms with Crippen LogP contribution in [0, 0.1) is 0 Å². The Bertz CT molecular complexity index is 1060. The summed E-state index contributed by atoms with van der Waals surface area (Å²) in [6.45, 7) is 9.77. The molecule has 34 heavy (non-hydrogen) atoms. The van der Waals surface area contributed by atoms with Crippen molar-refractivity contribution in [2.24, 2.45) is 0 Å². The van der Waals surface area contributed by atoms with Crippen LogP contribution in [0.4, 0.5) is 0 Å². The molecule has 1 spiro atoms. The van der Waals surface area contributed by atoms with E-state index < -0.39 is 5.60 Å². The Balaban J connectivity index is 1.78. The minimum Gasteiger partial charge on any atom is -0.482 e. The molecule has 0 aromatic heterocycles. The number of rotatable bonds is 7. The summed E-state index contributed by atoms with van der Waals surface area (Å²) in [7, 11) is 0. The molecule has 0 saturated carbocycles.